The molecule has 0 bridgehead atoms. The summed E-state index contributed by atoms with van der Waals surface area (Å²) in [7, 11) is -3.17. The zero-order valence-corrected chi connectivity index (χ0v) is 11.9. The maximum absolute atomic E-state index is 12.2. The van der Waals surface area contributed by atoms with Crippen LogP contribution >= 0.6 is 0 Å². The van der Waals surface area contributed by atoms with Crippen LogP contribution in [0.3, 0.4) is 0 Å². The molecule has 1 aromatic rings. The first-order chi connectivity index (χ1) is 9.13. The fraction of sp³-hybridized carbons (Fsp3) is 0.571. The molecule has 0 radical (unpaired) electrons. The van der Waals surface area contributed by atoms with Gasteiger partial charge < -0.3 is 5.11 Å². The van der Waals surface area contributed by atoms with E-state index in [0.717, 1.165) is 12.8 Å². The molecule has 0 fully saturated rings. The molecule has 0 saturated heterocycles. The second kappa shape index (κ2) is 6.50. The van der Waals surface area contributed by atoms with E-state index in [9.17, 15) is 8.42 Å². The summed E-state index contributed by atoms with van der Waals surface area (Å²) in [5.74, 6) is 0.143. The summed E-state index contributed by atoms with van der Waals surface area (Å²) in [6.45, 7) is 1.19. The molecule has 106 valence electrons. The minimum Gasteiger partial charge on any atom is -0.396 e. The highest BCUT2D eigenvalue weighted by molar-refractivity contribution is 7.89. The summed E-state index contributed by atoms with van der Waals surface area (Å²) in [5, 5.41) is 8.73. The average molecular weight is 283 g/mol. The lowest BCUT2D eigenvalue weighted by Gasteiger charge is -2.19. The van der Waals surface area contributed by atoms with Gasteiger partial charge in [-0.05, 0) is 36.8 Å². The smallest absolute Gasteiger partial charge is 0.214 e. The quantitative estimate of drug-likeness (QED) is 0.826. The molecular weight excluding hydrogens is 262 g/mol. The number of hydrogen-bond donors (Lipinski definition) is 1. The van der Waals surface area contributed by atoms with Gasteiger partial charge in [0, 0.05) is 19.7 Å². The van der Waals surface area contributed by atoms with Crippen LogP contribution in [0.15, 0.2) is 24.3 Å². The van der Waals surface area contributed by atoms with Gasteiger partial charge in [0.2, 0.25) is 10.0 Å². The zero-order chi connectivity index (χ0) is 13.7. The predicted molar refractivity (Wildman–Crippen MR) is 75.5 cm³/mol. The highest BCUT2D eigenvalue weighted by atomic mass is 32.2. The van der Waals surface area contributed by atoms with Crippen LogP contribution in [0.1, 0.15) is 24.0 Å². The number of aliphatic hydroxyl groups is 1. The fourth-order valence-electron chi connectivity index (χ4n) is 2.45. The fourth-order valence-corrected chi connectivity index (χ4v) is 4.02. The van der Waals surface area contributed by atoms with Crippen molar-refractivity contribution in [1.29, 1.82) is 0 Å². The standard InChI is InChI=1S/C14H21NO3S/c16-11-3-4-12-19(17,18)15-9-7-13-5-1-2-6-14(13)8-10-15/h1-2,5-6,16H,3-4,7-12H2. The average Bonchev–Trinajstić information content (AvgIpc) is 2.61. The van der Waals surface area contributed by atoms with Gasteiger partial charge in [0.25, 0.3) is 0 Å². The minimum atomic E-state index is -3.17. The Balaban J connectivity index is 2.01. The Hall–Kier alpha value is -0.910. The summed E-state index contributed by atoms with van der Waals surface area (Å²) < 4.78 is 26.0. The molecule has 19 heavy (non-hydrogen) atoms. The summed E-state index contributed by atoms with van der Waals surface area (Å²) in [4.78, 5) is 0. The van der Waals surface area contributed by atoms with Crippen molar-refractivity contribution in [2.24, 2.45) is 0 Å². The molecule has 1 aliphatic heterocycles. The van der Waals surface area contributed by atoms with Gasteiger partial charge in [-0.2, -0.15) is 0 Å². The number of benzene rings is 1. The lowest BCUT2D eigenvalue weighted by atomic mass is 10.0. The largest absolute Gasteiger partial charge is 0.396 e. The van der Waals surface area contributed by atoms with Gasteiger partial charge in [-0.1, -0.05) is 24.3 Å². The maximum atomic E-state index is 12.2. The topological polar surface area (TPSA) is 57.6 Å². The van der Waals surface area contributed by atoms with E-state index < -0.39 is 10.0 Å². The number of aliphatic hydroxyl groups excluding tert-OH is 1. The lowest BCUT2D eigenvalue weighted by molar-refractivity contribution is 0.287. The van der Waals surface area contributed by atoms with E-state index in [1.807, 2.05) is 12.1 Å². The molecule has 0 aliphatic carbocycles. The lowest BCUT2D eigenvalue weighted by Crippen LogP contribution is -2.35. The zero-order valence-electron chi connectivity index (χ0n) is 11.1. The molecule has 0 atom stereocenters. The molecule has 1 heterocycles. The van der Waals surface area contributed by atoms with Crippen molar-refractivity contribution in [3.63, 3.8) is 0 Å². The highest BCUT2D eigenvalue weighted by Gasteiger charge is 2.23. The van der Waals surface area contributed by atoms with Crippen LogP contribution in [0.5, 0.6) is 0 Å². The van der Waals surface area contributed by atoms with Crippen molar-refractivity contribution in [2.45, 2.75) is 25.7 Å². The number of sulfonamides is 1. The monoisotopic (exact) mass is 283 g/mol. The molecule has 0 saturated carbocycles. The van der Waals surface area contributed by atoms with Gasteiger partial charge in [-0.25, -0.2) is 12.7 Å². The third-order valence-electron chi connectivity index (χ3n) is 3.58. The Bertz CT molecular complexity index is 486. The number of fused-ring (bicyclic) bond motifs is 1. The molecule has 0 amide bonds. The first-order valence-corrected chi connectivity index (χ1v) is 8.40. The van der Waals surface area contributed by atoms with Gasteiger partial charge in [-0.15, -0.1) is 0 Å². The normalized spacial score (nSPS) is 16.9. The Morgan fingerprint density at radius 3 is 2.16 bits per heavy atom. The molecule has 0 aromatic heterocycles. The van der Waals surface area contributed by atoms with Crippen molar-refractivity contribution in [3.8, 4) is 0 Å². The van der Waals surface area contributed by atoms with Crippen molar-refractivity contribution in [2.75, 3.05) is 25.4 Å². The van der Waals surface area contributed by atoms with Crippen molar-refractivity contribution < 1.29 is 13.5 Å². The second-order valence-corrected chi connectivity index (χ2v) is 7.00. The molecule has 0 unspecified atom stereocenters. The summed E-state index contributed by atoms with van der Waals surface area (Å²) in [6, 6.07) is 8.17. The van der Waals surface area contributed by atoms with Gasteiger partial charge in [0.15, 0.2) is 0 Å². The Morgan fingerprint density at radius 1 is 1.05 bits per heavy atom. The van der Waals surface area contributed by atoms with Crippen molar-refractivity contribution in [3.05, 3.63) is 35.4 Å². The highest BCUT2D eigenvalue weighted by Crippen LogP contribution is 2.18. The predicted octanol–water partition coefficient (Wildman–Crippen LogP) is 1.19. The third kappa shape index (κ3) is 3.78. The molecule has 1 aliphatic rings. The Kier molecular flexibility index (Phi) is 4.96. The molecule has 5 heteroatoms. The summed E-state index contributed by atoms with van der Waals surface area (Å²) in [5.41, 5.74) is 2.52. The van der Waals surface area contributed by atoms with Crippen LogP contribution in [-0.2, 0) is 22.9 Å². The molecule has 1 aromatic carbocycles. The van der Waals surface area contributed by atoms with Crippen LogP contribution in [0.25, 0.3) is 0 Å². The van der Waals surface area contributed by atoms with Crippen LogP contribution < -0.4 is 0 Å². The number of hydrogen-bond acceptors (Lipinski definition) is 3. The Morgan fingerprint density at radius 2 is 1.63 bits per heavy atom. The van der Waals surface area contributed by atoms with E-state index in [0.29, 0.717) is 25.9 Å². The molecule has 2 rings (SSSR count). The first-order valence-electron chi connectivity index (χ1n) is 6.79. The number of unbranched alkanes of at least 4 members (excludes halogenated alkanes) is 1. The van der Waals surface area contributed by atoms with E-state index >= 15 is 0 Å². The van der Waals surface area contributed by atoms with Gasteiger partial charge >= 0.3 is 0 Å². The maximum Gasteiger partial charge on any atom is 0.214 e. The molecule has 1 N–H and O–H groups in total. The Labute approximate surface area is 115 Å². The minimum absolute atomic E-state index is 0.0565. The van der Waals surface area contributed by atoms with Crippen LogP contribution in [0, 0.1) is 0 Å². The van der Waals surface area contributed by atoms with Crippen LogP contribution in [-0.4, -0.2) is 43.3 Å². The van der Waals surface area contributed by atoms with E-state index in [1.54, 1.807) is 4.31 Å². The number of rotatable bonds is 5. The van der Waals surface area contributed by atoms with Gasteiger partial charge in [-0.3, -0.25) is 0 Å². The SMILES string of the molecule is O=S(=O)(CCCCO)N1CCc2ccccc2CC1. The van der Waals surface area contributed by atoms with E-state index in [-0.39, 0.29) is 12.4 Å². The van der Waals surface area contributed by atoms with E-state index in [4.69, 9.17) is 5.11 Å². The van der Waals surface area contributed by atoms with E-state index in [2.05, 4.69) is 12.1 Å². The van der Waals surface area contributed by atoms with E-state index in [1.165, 1.54) is 11.1 Å². The first kappa shape index (κ1) is 14.5. The second-order valence-electron chi connectivity index (χ2n) is 4.91. The summed E-state index contributed by atoms with van der Waals surface area (Å²) >= 11 is 0. The van der Waals surface area contributed by atoms with Crippen molar-refractivity contribution >= 4 is 10.0 Å². The molecule has 4 nitrogen and oxygen atoms in total. The number of nitrogens with zero attached hydrogens (tertiary/aromatic N) is 1. The van der Waals surface area contributed by atoms with Crippen molar-refractivity contribution in [1.82, 2.24) is 4.31 Å². The van der Waals surface area contributed by atoms with Gasteiger partial charge in [0.1, 0.15) is 0 Å². The van der Waals surface area contributed by atoms with Gasteiger partial charge in [0.05, 0.1) is 5.75 Å². The summed E-state index contributed by atoms with van der Waals surface area (Å²) in [6.07, 6.45) is 2.65. The third-order valence-corrected chi connectivity index (χ3v) is 5.54. The van der Waals surface area contributed by atoms with Crippen LogP contribution in [0.4, 0.5) is 0 Å². The molecular formula is C14H21NO3S. The van der Waals surface area contributed by atoms with Crippen LogP contribution in [0.2, 0.25) is 0 Å². The molecule has 0 spiro atoms.